The fraction of sp³-hybridized carbons (Fsp3) is 0.706. The lowest BCUT2D eigenvalue weighted by atomic mass is 9.96. The molecule has 226 valence electrons. The van der Waals surface area contributed by atoms with Crippen LogP contribution in [0.3, 0.4) is 0 Å². The van der Waals surface area contributed by atoms with E-state index >= 15 is 0 Å². The maximum atomic E-state index is 14.8. The molecule has 20 nitrogen and oxygen atoms in total. The first-order valence-electron chi connectivity index (χ1n) is 11.2. The van der Waals surface area contributed by atoms with Crippen LogP contribution in [0.2, 0.25) is 0 Å². The topological polar surface area (TPSA) is 312 Å². The van der Waals surface area contributed by atoms with Gasteiger partial charge in [0.15, 0.2) is 30.2 Å². The minimum Gasteiger partial charge on any atom is -0.394 e. The molecule has 23 heteroatoms. The largest absolute Gasteiger partial charge is 0.483 e. The van der Waals surface area contributed by atoms with Gasteiger partial charge in [0.1, 0.15) is 54.6 Å². The number of halogens is 1. The molecule has 2 saturated heterocycles. The second-order valence-corrected chi connectivity index (χ2v) is 11.7. The number of hydrogen-bond acceptors (Lipinski definition) is 17. The third kappa shape index (κ3) is 6.33. The van der Waals surface area contributed by atoms with Gasteiger partial charge < -0.3 is 55.6 Å². The molecule has 11 unspecified atom stereocenters. The van der Waals surface area contributed by atoms with Crippen LogP contribution in [0, 0.1) is 0 Å². The van der Waals surface area contributed by atoms with Crippen LogP contribution in [0.5, 0.6) is 0 Å². The zero-order chi connectivity index (χ0) is 29.6. The Labute approximate surface area is 222 Å². The monoisotopic (exact) mass is 621 g/mol. The van der Waals surface area contributed by atoms with Gasteiger partial charge in [-0.1, -0.05) is 0 Å². The van der Waals surface area contributed by atoms with Crippen molar-refractivity contribution in [2.75, 3.05) is 18.9 Å². The van der Waals surface area contributed by atoms with Crippen molar-refractivity contribution in [3.63, 3.8) is 0 Å². The predicted octanol–water partition coefficient (Wildman–Crippen LogP) is -3.58. The number of imidazole rings is 1. The van der Waals surface area contributed by atoms with E-state index in [1.54, 1.807) is 0 Å². The molecule has 40 heavy (non-hydrogen) atoms. The van der Waals surface area contributed by atoms with E-state index in [2.05, 4.69) is 28.3 Å². The molecule has 0 spiro atoms. The number of alkyl halides is 1. The SMILES string of the molecule is Nc1ncnc2c1ncn2C1OC(COP(=O)(O)OP(=O)(O)OC2OC([C@H](O)CO)C(O)C(O)C2O)C(F)C1O. The fourth-order valence-electron chi connectivity index (χ4n) is 3.98. The number of rotatable bonds is 10. The Balaban J connectivity index is 1.38. The molecule has 10 N–H and O–H groups in total. The molecule has 0 aromatic carbocycles. The van der Waals surface area contributed by atoms with Crippen molar-refractivity contribution in [2.45, 2.75) is 61.4 Å². The molecule has 0 saturated carbocycles. The van der Waals surface area contributed by atoms with Crippen molar-refractivity contribution >= 4 is 32.6 Å². The maximum absolute atomic E-state index is 14.8. The molecule has 12 atom stereocenters. The number of ether oxygens (including phenoxy) is 2. The highest BCUT2D eigenvalue weighted by Gasteiger charge is 2.51. The van der Waals surface area contributed by atoms with Gasteiger partial charge in [-0.3, -0.25) is 13.6 Å². The van der Waals surface area contributed by atoms with Crippen molar-refractivity contribution in [2.24, 2.45) is 0 Å². The summed E-state index contributed by atoms with van der Waals surface area (Å²) in [6.45, 7) is -2.08. The van der Waals surface area contributed by atoms with E-state index in [9.17, 15) is 48.8 Å². The van der Waals surface area contributed by atoms with Crippen molar-refractivity contribution in [1.82, 2.24) is 19.5 Å². The number of hydrogen-bond donors (Lipinski definition) is 9. The summed E-state index contributed by atoms with van der Waals surface area (Å²) in [7, 11) is -11.2. The van der Waals surface area contributed by atoms with Gasteiger partial charge in [-0.15, -0.1) is 0 Å². The van der Waals surface area contributed by atoms with E-state index in [0.29, 0.717) is 0 Å². The molecule has 4 heterocycles. The second-order valence-electron chi connectivity index (χ2n) is 8.69. The molecule has 2 aromatic heterocycles. The summed E-state index contributed by atoms with van der Waals surface area (Å²) in [5.41, 5.74) is 5.91. The van der Waals surface area contributed by atoms with Crippen LogP contribution in [0.25, 0.3) is 11.2 Å². The van der Waals surface area contributed by atoms with Gasteiger partial charge >= 0.3 is 15.6 Å². The molecular formula is C17H26FN5O15P2. The quantitative estimate of drug-likeness (QED) is 0.116. The molecule has 0 bridgehead atoms. The Morgan fingerprint density at radius 3 is 2.42 bits per heavy atom. The smallest absolute Gasteiger partial charge is 0.394 e. The number of anilines is 1. The highest BCUT2D eigenvalue weighted by Crippen LogP contribution is 2.61. The van der Waals surface area contributed by atoms with Crippen molar-refractivity contribution in [1.29, 1.82) is 0 Å². The highest BCUT2D eigenvalue weighted by molar-refractivity contribution is 7.61. The van der Waals surface area contributed by atoms with Crippen LogP contribution < -0.4 is 5.73 Å². The number of aliphatic hydroxyl groups is 6. The summed E-state index contributed by atoms with van der Waals surface area (Å²) in [6.07, 6.45) is -17.2. The first kappa shape index (κ1) is 31.2. The third-order valence-corrected chi connectivity index (χ3v) is 8.57. The van der Waals surface area contributed by atoms with Gasteiger partial charge in [0.05, 0.1) is 19.5 Å². The summed E-state index contributed by atoms with van der Waals surface area (Å²) < 4.78 is 63.9. The minimum atomic E-state index is -5.69. The lowest BCUT2D eigenvalue weighted by Crippen LogP contribution is -2.61. The molecule has 2 aliphatic heterocycles. The van der Waals surface area contributed by atoms with E-state index in [4.69, 9.17) is 20.3 Å². The van der Waals surface area contributed by atoms with Crippen molar-refractivity contribution in [3.05, 3.63) is 12.7 Å². The normalized spacial score (nSPS) is 36.8. The fourth-order valence-corrected chi connectivity index (χ4v) is 6.14. The highest BCUT2D eigenvalue weighted by atomic mass is 31.3. The predicted molar refractivity (Wildman–Crippen MR) is 122 cm³/mol. The van der Waals surface area contributed by atoms with E-state index < -0.39 is 90.3 Å². The first-order chi connectivity index (χ1) is 18.7. The maximum Gasteiger partial charge on any atom is 0.483 e. The Morgan fingerprint density at radius 2 is 1.75 bits per heavy atom. The Bertz CT molecular complexity index is 1290. The van der Waals surface area contributed by atoms with Gasteiger partial charge in [-0.05, 0) is 0 Å². The first-order valence-corrected chi connectivity index (χ1v) is 14.2. The molecule has 2 fully saturated rings. The number of aliphatic hydroxyl groups excluding tert-OH is 6. The number of nitrogens with two attached hydrogens (primary N) is 1. The second kappa shape index (κ2) is 11.8. The summed E-state index contributed by atoms with van der Waals surface area (Å²) >= 11 is 0. The Hall–Kier alpha value is -1.78. The number of aromatic nitrogens is 4. The lowest BCUT2D eigenvalue weighted by Gasteiger charge is -2.41. The zero-order valence-electron chi connectivity index (χ0n) is 19.9. The zero-order valence-corrected chi connectivity index (χ0v) is 21.7. The summed E-state index contributed by atoms with van der Waals surface area (Å²) in [5, 5.41) is 58.8. The Morgan fingerprint density at radius 1 is 1.05 bits per heavy atom. The number of phosphoric acid groups is 2. The third-order valence-electron chi connectivity index (χ3n) is 5.97. The van der Waals surface area contributed by atoms with E-state index in [-0.39, 0.29) is 17.0 Å². The van der Waals surface area contributed by atoms with Crippen LogP contribution in [0.1, 0.15) is 6.23 Å². The summed E-state index contributed by atoms with van der Waals surface area (Å²) in [5.74, 6) is -0.00105. The van der Waals surface area contributed by atoms with E-state index in [0.717, 1.165) is 17.2 Å². The van der Waals surface area contributed by atoms with Gasteiger partial charge in [0, 0.05) is 0 Å². The van der Waals surface area contributed by atoms with Gasteiger partial charge in [-0.25, -0.2) is 28.5 Å². The van der Waals surface area contributed by atoms with Crippen LogP contribution in [0.4, 0.5) is 10.2 Å². The van der Waals surface area contributed by atoms with Crippen molar-refractivity contribution < 1.29 is 76.8 Å². The standard InChI is InChI=1S/C17H26FN5O15P2/c18-7-6(35-16(9(7)26)23-4-22-8-14(19)20-3-21-15(8)23)2-34-39(30,31)38-40(32,33)37-17-12(29)10(27)11(28)13(36-17)5(25)1-24/h3-7,9-13,16-17,24-29H,1-2H2,(H,30,31)(H,32,33)(H2,19,20,21)/t5-,6?,7?,9?,10?,11?,12?,13?,16?,17?/m1/s1. The molecule has 4 rings (SSSR count). The van der Waals surface area contributed by atoms with Crippen LogP contribution in [0.15, 0.2) is 12.7 Å². The average Bonchev–Trinajstić information content (AvgIpc) is 3.43. The number of fused-ring (bicyclic) bond motifs is 1. The van der Waals surface area contributed by atoms with Crippen LogP contribution >= 0.6 is 15.6 Å². The van der Waals surface area contributed by atoms with E-state index in [1.807, 2.05) is 0 Å². The Kier molecular flexibility index (Phi) is 9.22. The molecule has 2 aromatic rings. The number of nitrogen functional groups attached to an aromatic ring is 1. The van der Waals surface area contributed by atoms with Crippen LogP contribution in [-0.4, -0.2) is 128 Å². The minimum absolute atomic E-state index is 0.00105. The van der Waals surface area contributed by atoms with Crippen LogP contribution in [-0.2, 0) is 32.0 Å². The number of nitrogens with zero attached hydrogens (tertiary/aromatic N) is 4. The lowest BCUT2D eigenvalue weighted by molar-refractivity contribution is -0.292. The van der Waals surface area contributed by atoms with Gasteiger partial charge in [0.25, 0.3) is 0 Å². The average molecular weight is 621 g/mol. The van der Waals surface area contributed by atoms with Crippen molar-refractivity contribution in [3.8, 4) is 0 Å². The molecular weight excluding hydrogens is 595 g/mol. The molecule has 0 radical (unpaired) electrons. The molecule has 0 amide bonds. The van der Waals surface area contributed by atoms with Gasteiger partial charge in [-0.2, -0.15) is 4.31 Å². The number of phosphoric ester groups is 2. The summed E-state index contributed by atoms with van der Waals surface area (Å²) in [4.78, 5) is 31.5. The molecule has 0 aliphatic carbocycles. The van der Waals surface area contributed by atoms with E-state index in [1.165, 1.54) is 0 Å². The summed E-state index contributed by atoms with van der Waals surface area (Å²) in [6, 6.07) is 0. The van der Waals surface area contributed by atoms with Gasteiger partial charge in [0.2, 0.25) is 0 Å². The molecule has 2 aliphatic rings.